The Labute approximate surface area is 193 Å². The van der Waals surface area contributed by atoms with Crippen molar-refractivity contribution in [2.45, 2.75) is 25.3 Å². The summed E-state index contributed by atoms with van der Waals surface area (Å²) in [6, 6.07) is 18.4. The molecule has 0 unspecified atom stereocenters. The number of benzene rings is 3. The van der Waals surface area contributed by atoms with Gasteiger partial charge in [-0.15, -0.1) is 0 Å². The second-order valence-corrected chi connectivity index (χ2v) is 9.10. The van der Waals surface area contributed by atoms with Crippen LogP contribution in [0.25, 0.3) is 0 Å². The minimum Gasteiger partial charge on any atom is -0.453 e. The monoisotopic (exact) mass is 467 g/mol. The summed E-state index contributed by atoms with van der Waals surface area (Å²) < 4.78 is 32.8. The van der Waals surface area contributed by atoms with E-state index in [9.17, 15) is 18.0 Å². The van der Waals surface area contributed by atoms with Crippen LogP contribution in [-0.2, 0) is 21.3 Å². The topological polar surface area (TPSA) is 114 Å². The van der Waals surface area contributed by atoms with Crippen molar-refractivity contribution in [3.63, 3.8) is 0 Å². The van der Waals surface area contributed by atoms with Gasteiger partial charge in [0, 0.05) is 23.5 Å². The van der Waals surface area contributed by atoms with Crippen LogP contribution in [0.15, 0.2) is 71.6 Å². The highest BCUT2D eigenvalue weighted by molar-refractivity contribution is 7.92. The average Bonchev–Trinajstić information content (AvgIpc) is 2.79. The maximum Gasteiger partial charge on any atom is 0.411 e. The van der Waals surface area contributed by atoms with Crippen LogP contribution in [0, 0.1) is 13.8 Å². The van der Waals surface area contributed by atoms with Crippen molar-refractivity contribution in [2.75, 3.05) is 17.1 Å². The van der Waals surface area contributed by atoms with Crippen molar-refractivity contribution in [3.05, 3.63) is 89.0 Å². The fourth-order valence-electron chi connectivity index (χ4n) is 3.09. The zero-order valence-electron chi connectivity index (χ0n) is 18.5. The third-order valence-electron chi connectivity index (χ3n) is 4.85. The van der Waals surface area contributed by atoms with Crippen LogP contribution in [0.5, 0.6) is 0 Å². The first-order valence-corrected chi connectivity index (χ1v) is 11.6. The van der Waals surface area contributed by atoms with Gasteiger partial charge < -0.3 is 10.1 Å². The van der Waals surface area contributed by atoms with Crippen molar-refractivity contribution < 1.29 is 22.7 Å². The van der Waals surface area contributed by atoms with Gasteiger partial charge in [0.2, 0.25) is 0 Å². The minimum absolute atomic E-state index is 0.197. The van der Waals surface area contributed by atoms with Crippen LogP contribution in [-0.4, -0.2) is 27.5 Å². The van der Waals surface area contributed by atoms with Gasteiger partial charge in [0.05, 0.1) is 12.0 Å². The van der Waals surface area contributed by atoms with Gasteiger partial charge in [0.15, 0.2) is 0 Å². The summed E-state index contributed by atoms with van der Waals surface area (Å²) in [5, 5.41) is 5.34. The summed E-state index contributed by atoms with van der Waals surface area (Å²) in [7, 11) is -2.52. The lowest BCUT2D eigenvalue weighted by molar-refractivity contribution is 0.0951. The first-order chi connectivity index (χ1) is 15.7. The standard InChI is InChI=1S/C24H25N3O5S/c1-16-7-8-17(2)22(13-16)33(30,31)27-21-6-4-5-19(14-21)23(28)25-15-18-9-11-20(12-10-18)26-24(29)32-3/h4-14,27H,15H2,1-3H3,(H,25,28)(H,26,29). The van der Waals surface area contributed by atoms with Crippen LogP contribution >= 0.6 is 0 Å². The molecule has 0 saturated carbocycles. The van der Waals surface area contributed by atoms with E-state index < -0.39 is 16.1 Å². The number of ether oxygens (including phenoxy) is 1. The molecule has 0 atom stereocenters. The van der Waals surface area contributed by atoms with E-state index in [0.717, 1.165) is 11.1 Å². The molecular formula is C24H25N3O5S. The Kier molecular flexibility index (Phi) is 7.34. The third-order valence-corrected chi connectivity index (χ3v) is 6.37. The molecule has 172 valence electrons. The number of carbonyl (C=O) groups is 2. The summed E-state index contributed by atoms with van der Waals surface area (Å²) in [5.74, 6) is -0.348. The fraction of sp³-hybridized carbons (Fsp3) is 0.167. The maximum absolute atomic E-state index is 12.8. The van der Waals surface area contributed by atoms with Gasteiger partial charge in [0.1, 0.15) is 0 Å². The molecule has 8 nitrogen and oxygen atoms in total. The van der Waals surface area contributed by atoms with E-state index in [-0.39, 0.29) is 17.3 Å². The number of methoxy groups -OCH3 is 1. The van der Waals surface area contributed by atoms with E-state index in [0.29, 0.717) is 22.5 Å². The minimum atomic E-state index is -3.80. The highest BCUT2D eigenvalue weighted by Crippen LogP contribution is 2.21. The van der Waals surface area contributed by atoms with Crippen LogP contribution in [0.3, 0.4) is 0 Å². The fourth-order valence-corrected chi connectivity index (χ4v) is 4.47. The quantitative estimate of drug-likeness (QED) is 0.482. The van der Waals surface area contributed by atoms with Gasteiger partial charge in [-0.05, 0) is 66.9 Å². The van der Waals surface area contributed by atoms with E-state index in [1.165, 1.54) is 13.2 Å². The zero-order chi connectivity index (χ0) is 24.0. The third kappa shape index (κ3) is 6.33. The van der Waals surface area contributed by atoms with Crippen molar-refractivity contribution in [1.82, 2.24) is 5.32 Å². The van der Waals surface area contributed by atoms with Gasteiger partial charge in [-0.3, -0.25) is 14.8 Å². The normalized spacial score (nSPS) is 10.9. The second-order valence-electron chi connectivity index (χ2n) is 7.45. The highest BCUT2D eigenvalue weighted by Gasteiger charge is 2.18. The number of carbonyl (C=O) groups excluding carboxylic acids is 2. The van der Waals surface area contributed by atoms with Crippen LogP contribution in [0.4, 0.5) is 16.2 Å². The molecule has 3 rings (SSSR count). The molecule has 0 saturated heterocycles. The summed E-state index contributed by atoms with van der Waals surface area (Å²) >= 11 is 0. The number of hydrogen-bond acceptors (Lipinski definition) is 5. The molecule has 0 aliphatic heterocycles. The molecule has 0 radical (unpaired) electrons. The summed E-state index contributed by atoms with van der Waals surface area (Å²) in [4.78, 5) is 24.0. The van der Waals surface area contributed by atoms with Crippen molar-refractivity contribution in [3.8, 4) is 0 Å². The maximum atomic E-state index is 12.8. The number of nitrogens with one attached hydrogen (secondary N) is 3. The Bertz CT molecular complexity index is 1270. The summed E-state index contributed by atoms with van der Waals surface area (Å²) in [6.07, 6.45) is -0.566. The van der Waals surface area contributed by atoms with Gasteiger partial charge in [-0.25, -0.2) is 13.2 Å². The van der Waals surface area contributed by atoms with E-state index in [1.54, 1.807) is 61.5 Å². The molecule has 0 aliphatic rings. The van der Waals surface area contributed by atoms with Gasteiger partial charge >= 0.3 is 6.09 Å². The molecule has 0 spiro atoms. The van der Waals surface area contributed by atoms with E-state index in [2.05, 4.69) is 20.1 Å². The molecule has 3 N–H and O–H groups in total. The van der Waals surface area contributed by atoms with E-state index >= 15 is 0 Å². The number of anilines is 2. The molecule has 0 aliphatic carbocycles. The number of sulfonamides is 1. The number of aryl methyl sites for hydroxylation is 2. The Morgan fingerprint density at radius 3 is 2.33 bits per heavy atom. The lowest BCUT2D eigenvalue weighted by Gasteiger charge is -2.12. The smallest absolute Gasteiger partial charge is 0.411 e. The van der Waals surface area contributed by atoms with Crippen molar-refractivity contribution in [1.29, 1.82) is 0 Å². The second kappa shape index (κ2) is 10.2. The number of amides is 2. The van der Waals surface area contributed by atoms with Gasteiger partial charge in [0.25, 0.3) is 15.9 Å². The van der Waals surface area contributed by atoms with Crippen LogP contribution in [0.2, 0.25) is 0 Å². The Hall–Kier alpha value is -3.85. The largest absolute Gasteiger partial charge is 0.453 e. The average molecular weight is 468 g/mol. The Morgan fingerprint density at radius 2 is 1.64 bits per heavy atom. The predicted molar refractivity (Wildman–Crippen MR) is 127 cm³/mol. The van der Waals surface area contributed by atoms with Crippen LogP contribution in [0.1, 0.15) is 27.0 Å². The van der Waals surface area contributed by atoms with Crippen molar-refractivity contribution >= 4 is 33.4 Å². The molecule has 9 heteroatoms. The molecule has 3 aromatic carbocycles. The molecule has 0 fully saturated rings. The summed E-state index contributed by atoms with van der Waals surface area (Å²) in [6.45, 7) is 3.82. The Balaban J connectivity index is 1.66. The molecule has 2 amide bonds. The lowest BCUT2D eigenvalue weighted by Crippen LogP contribution is -2.23. The van der Waals surface area contributed by atoms with Crippen molar-refractivity contribution in [2.24, 2.45) is 0 Å². The number of hydrogen-bond donors (Lipinski definition) is 3. The van der Waals surface area contributed by atoms with E-state index in [1.807, 2.05) is 13.0 Å². The lowest BCUT2D eigenvalue weighted by atomic mass is 10.1. The molecular weight excluding hydrogens is 442 g/mol. The van der Waals surface area contributed by atoms with Gasteiger partial charge in [-0.1, -0.05) is 30.3 Å². The Morgan fingerprint density at radius 1 is 0.909 bits per heavy atom. The first-order valence-electron chi connectivity index (χ1n) is 10.1. The highest BCUT2D eigenvalue weighted by atomic mass is 32.2. The SMILES string of the molecule is COC(=O)Nc1ccc(CNC(=O)c2cccc(NS(=O)(=O)c3cc(C)ccc3C)c2)cc1. The van der Waals surface area contributed by atoms with Gasteiger partial charge in [-0.2, -0.15) is 0 Å². The molecule has 0 bridgehead atoms. The molecule has 0 heterocycles. The summed E-state index contributed by atoms with van der Waals surface area (Å²) in [5.41, 5.74) is 3.48. The molecule has 3 aromatic rings. The zero-order valence-corrected chi connectivity index (χ0v) is 19.3. The van der Waals surface area contributed by atoms with Crippen LogP contribution < -0.4 is 15.4 Å². The molecule has 0 aromatic heterocycles. The number of rotatable bonds is 7. The van der Waals surface area contributed by atoms with E-state index in [4.69, 9.17) is 0 Å². The predicted octanol–water partition coefficient (Wildman–Crippen LogP) is 4.21. The first kappa shape index (κ1) is 23.8. The molecule has 33 heavy (non-hydrogen) atoms.